The summed E-state index contributed by atoms with van der Waals surface area (Å²) >= 11 is 0. The normalized spacial score (nSPS) is 22.9. The van der Waals surface area contributed by atoms with Crippen LogP contribution in [0.3, 0.4) is 0 Å². The number of rotatable bonds is 6. The maximum Gasteiger partial charge on any atom is 0.227 e. The summed E-state index contributed by atoms with van der Waals surface area (Å²) in [5, 5.41) is 0. The van der Waals surface area contributed by atoms with E-state index in [9.17, 15) is 13.2 Å². The monoisotopic (exact) mass is 394 g/mol. The summed E-state index contributed by atoms with van der Waals surface area (Å²) in [6, 6.07) is 7.60. The number of hydrogen-bond donors (Lipinski definition) is 0. The van der Waals surface area contributed by atoms with Crippen LogP contribution in [-0.2, 0) is 21.2 Å². The predicted molar refractivity (Wildman–Crippen MR) is 105 cm³/mol. The molecule has 1 aromatic carbocycles. The summed E-state index contributed by atoms with van der Waals surface area (Å²) in [4.78, 5) is 14.5. The van der Waals surface area contributed by atoms with Crippen LogP contribution in [-0.4, -0.2) is 61.6 Å². The highest BCUT2D eigenvalue weighted by atomic mass is 32.2. The number of carbonyl (C=O) groups is 1. The van der Waals surface area contributed by atoms with Crippen molar-refractivity contribution in [3.63, 3.8) is 0 Å². The van der Waals surface area contributed by atoms with Crippen LogP contribution >= 0.6 is 0 Å². The Balaban J connectivity index is 1.56. The molecule has 0 spiro atoms. The summed E-state index contributed by atoms with van der Waals surface area (Å²) in [5.41, 5.74) is 0.952. The lowest BCUT2D eigenvalue weighted by atomic mass is 10.0. The first-order chi connectivity index (χ1) is 12.8. The van der Waals surface area contributed by atoms with Gasteiger partial charge in [-0.3, -0.25) is 4.79 Å². The number of nitrogens with zero attached hydrogens (tertiary/aromatic N) is 2. The largest absolute Gasteiger partial charge is 0.493 e. The lowest BCUT2D eigenvalue weighted by molar-refractivity contribution is -0.132. The first kappa shape index (κ1) is 20.1. The van der Waals surface area contributed by atoms with Crippen LogP contribution in [0.5, 0.6) is 5.75 Å². The van der Waals surface area contributed by atoms with Crippen molar-refractivity contribution in [1.29, 1.82) is 0 Å². The first-order valence-electron chi connectivity index (χ1n) is 9.84. The highest BCUT2D eigenvalue weighted by Gasteiger charge is 2.37. The van der Waals surface area contributed by atoms with Crippen LogP contribution in [0.1, 0.15) is 38.7 Å². The molecule has 0 N–H and O–H groups in total. The number of amides is 1. The van der Waals surface area contributed by atoms with E-state index < -0.39 is 10.0 Å². The van der Waals surface area contributed by atoms with Crippen molar-refractivity contribution >= 4 is 15.9 Å². The smallest absolute Gasteiger partial charge is 0.227 e. The van der Waals surface area contributed by atoms with E-state index in [1.807, 2.05) is 29.2 Å². The lowest BCUT2D eigenvalue weighted by Gasteiger charge is -2.36. The molecule has 27 heavy (non-hydrogen) atoms. The number of benzene rings is 1. The third-order valence-corrected chi connectivity index (χ3v) is 7.16. The fraction of sp³-hybridized carbons (Fsp3) is 0.650. The van der Waals surface area contributed by atoms with Crippen LogP contribution in [0, 0.1) is 5.92 Å². The molecule has 150 valence electrons. The Hall–Kier alpha value is -1.60. The van der Waals surface area contributed by atoms with Gasteiger partial charge in [0.25, 0.3) is 0 Å². The Bertz CT molecular complexity index is 746. The van der Waals surface area contributed by atoms with Gasteiger partial charge in [0.1, 0.15) is 5.75 Å². The van der Waals surface area contributed by atoms with E-state index in [0.717, 1.165) is 24.2 Å². The first-order valence-corrected chi connectivity index (χ1v) is 11.4. The van der Waals surface area contributed by atoms with Crippen molar-refractivity contribution in [1.82, 2.24) is 9.21 Å². The Morgan fingerprint density at radius 3 is 2.56 bits per heavy atom. The number of piperidine rings is 1. The van der Waals surface area contributed by atoms with Gasteiger partial charge < -0.3 is 9.64 Å². The topological polar surface area (TPSA) is 66.9 Å². The highest BCUT2D eigenvalue weighted by Crippen LogP contribution is 2.24. The van der Waals surface area contributed by atoms with Gasteiger partial charge in [-0.05, 0) is 42.9 Å². The molecule has 1 amide bonds. The number of likely N-dealkylation sites (tertiary alicyclic amines) is 1. The van der Waals surface area contributed by atoms with Gasteiger partial charge in [0.05, 0.1) is 18.8 Å². The molecule has 2 saturated heterocycles. The van der Waals surface area contributed by atoms with Gasteiger partial charge in [-0.15, -0.1) is 0 Å². The number of hydrogen-bond acceptors (Lipinski definition) is 4. The molecule has 0 aliphatic carbocycles. The van der Waals surface area contributed by atoms with Crippen molar-refractivity contribution in [2.24, 2.45) is 5.92 Å². The van der Waals surface area contributed by atoms with Gasteiger partial charge in [0, 0.05) is 25.7 Å². The minimum Gasteiger partial charge on any atom is -0.493 e. The molecule has 1 atom stereocenters. The van der Waals surface area contributed by atoms with Crippen LogP contribution in [0.4, 0.5) is 0 Å². The molecular formula is C20H30N2O4S. The molecule has 0 unspecified atom stereocenters. The standard InChI is InChI=1S/C20H30N2O4S/c1-16(2)15-26-19-8-6-17(7-9-19)13-20(23)21-10-3-5-18(14-21)22-11-4-12-27(22,24)25/h6-9,16,18H,3-5,10-15H2,1-2H3/t18-/m1/s1. The van der Waals surface area contributed by atoms with Gasteiger partial charge in [-0.1, -0.05) is 26.0 Å². The second-order valence-electron chi connectivity index (χ2n) is 7.94. The van der Waals surface area contributed by atoms with Crippen molar-refractivity contribution < 1.29 is 17.9 Å². The molecule has 2 aliphatic heterocycles. The van der Waals surface area contributed by atoms with Crippen LogP contribution in [0.2, 0.25) is 0 Å². The predicted octanol–water partition coefficient (Wildman–Crippen LogP) is 2.29. The van der Waals surface area contributed by atoms with E-state index in [0.29, 0.717) is 45.0 Å². The fourth-order valence-corrected chi connectivity index (χ4v) is 5.50. The second kappa shape index (κ2) is 8.61. The van der Waals surface area contributed by atoms with E-state index in [-0.39, 0.29) is 17.7 Å². The molecule has 0 radical (unpaired) electrons. The zero-order valence-electron chi connectivity index (χ0n) is 16.3. The molecule has 2 fully saturated rings. The second-order valence-corrected chi connectivity index (χ2v) is 9.98. The zero-order chi connectivity index (χ0) is 19.4. The molecule has 1 aromatic rings. The van der Waals surface area contributed by atoms with Gasteiger partial charge in [0.15, 0.2) is 0 Å². The number of ether oxygens (including phenoxy) is 1. The minimum atomic E-state index is -3.13. The molecule has 6 nitrogen and oxygen atoms in total. The molecular weight excluding hydrogens is 364 g/mol. The Labute approximate surface area is 162 Å². The average Bonchev–Trinajstić information content (AvgIpc) is 3.00. The maximum absolute atomic E-state index is 12.7. The molecule has 0 bridgehead atoms. The van der Waals surface area contributed by atoms with E-state index in [1.165, 1.54) is 0 Å². The molecule has 2 heterocycles. The molecule has 3 rings (SSSR count). The summed E-state index contributed by atoms with van der Waals surface area (Å²) in [6.07, 6.45) is 2.72. The summed E-state index contributed by atoms with van der Waals surface area (Å²) in [5.74, 6) is 1.59. The number of carbonyl (C=O) groups excluding carboxylic acids is 1. The lowest BCUT2D eigenvalue weighted by Crippen LogP contribution is -2.50. The Morgan fingerprint density at radius 2 is 1.93 bits per heavy atom. The van der Waals surface area contributed by atoms with Crippen molar-refractivity contribution in [2.75, 3.05) is 32.0 Å². The molecule has 7 heteroatoms. The average molecular weight is 395 g/mol. The molecule has 0 aromatic heterocycles. The maximum atomic E-state index is 12.7. The van der Waals surface area contributed by atoms with E-state index in [4.69, 9.17) is 4.74 Å². The van der Waals surface area contributed by atoms with E-state index in [2.05, 4.69) is 13.8 Å². The van der Waals surface area contributed by atoms with Gasteiger partial charge in [-0.25, -0.2) is 8.42 Å². The quantitative estimate of drug-likeness (QED) is 0.742. The summed E-state index contributed by atoms with van der Waals surface area (Å²) < 4.78 is 31.6. The molecule has 0 saturated carbocycles. The van der Waals surface area contributed by atoms with Crippen molar-refractivity contribution in [3.8, 4) is 5.75 Å². The third-order valence-electron chi connectivity index (χ3n) is 5.16. The van der Waals surface area contributed by atoms with Crippen molar-refractivity contribution in [3.05, 3.63) is 29.8 Å². The number of sulfonamides is 1. The third kappa shape index (κ3) is 5.23. The molecule has 2 aliphatic rings. The van der Waals surface area contributed by atoms with E-state index >= 15 is 0 Å². The van der Waals surface area contributed by atoms with Crippen molar-refractivity contribution in [2.45, 2.75) is 45.6 Å². The Morgan fingerprint density at radius 1 is 1.19 bits per heavy atom. The van der Waals surface area contributed by atoms with Crippen LogP contribution in [0.25, 0.3) is 0 Å². The summed E-state index contributed by atoms with van der Waals surface area (Å²) in [6.45, 7) is 6.69. The van der Waals surface area contributed by atoms with Gasteiger partial charge >= 0.3 is 0 Å². The fourth-order valence-electron chi connectivity index (χ4n) is 3.74. The van der Waals surface area contributed by atoms with Crippen LogP contribution < -0.4 is 4.74 Å². The SMILES string of the molecule is CC(C)COc1ccc(CC(=O)N2CCC[C@@H](N3CCCS3(=O)=O)C2)cc1. The Kier molecular flexibility index (Phi) is 6.42. The minimum absolute atomic E-state index is 0.0622. The van der Waals surface area contributed by atoms with E-state index in [1.54, 1.807) is 4.31 Å². The van der Waals surface area contributed by atoms with Gasteiger partial charge in [0.2, 0.25) is 15.9 Å². The van der Waals surface area contributed by atoms with Gasteiger partial charge in [-0.2, -0.15) is 4.31 Å². The zero-order valence-corrected chi connectivity index (χ0v) is 17.1. The highest BCUT2D eigenvalue weighted by molar-refractivity contribution is 7.89. The summed E-state index contributed by atoms with van der Waals surface area (Å²) in [7, 11) is -3.13. The van der Waals surface area contributed by atoms with Crippen LogP contribution in [0.15, 0.2) is 24.3 Å².